The lowest BCUT2D eigenvalue weighted by Gasteiger charge is -2.35. The predicted molar refractivity (Wildman–Crippen MR) is 396 cm³/mol. The number of rotatable bonds is 32. The Morgan fingerprint density at radius 1 is 0.420 bits per heavy atom. The summed E-state index contributed by atoms with van der Waals surface area (Å²) in [5.74, 6) is 3.81. The van der Waals surface area contributed by atoms with Crippen LogP contribution in [-0.4, -0.2) is 144 Å². The number of ether oxygens (including phenoxy) is 9. The van der Waals surface area contributed by atoms with Gasteiger partial charge < -0.3 is 75.2 Å². The van der Waals surface area contributed by atoms with Gasteiger partial charge in [-0.1, -0.05) is 182 Å². The number of thioether (sulfide) groups is 2. The molecule has 0 saturated carbocycles. The molecule has 528 valence electrons. The summed E-state index contributed by atoms with van der Waals surface area (Å²) in [4.78, 5) is 54.8. The topological polar surface area (TPSA) is 277 Å². The molecule has 0 aliphatic rings. The second-order valence-electron chi connectivity index (χ2n) is 20.9. The fraction of sp³-hybridized carbons (Fsp3) is 0.244. The van der Waals surface area contributed by atoms with Crippen LogP contribution in [0.2, 0.25) is 0 Å². The normalized spacial score (nSPS) is 10.4. The Hall–Kier alpha value is -10.5. The molecule has 0 bridgehead atoms. The van der Waals surface area contributed by atoms with E-state index in [-0.39, 0.29) is 57.3 Å². The summed E-state index contributed by atoms with van der Waals surface area (Å²) in [6.07, 6.45) is 1.23. The molecule has 8 N–H and O–H groups in total. The molecule has 0 atom stereocenters. The van der Waals surface area contributed by atoms with Gasteiger partial charge in [0.15, 0.2) is 32.4 Å². The number of benzene rings is 9. The summed E-state index contributed by atoms with van der Waals surface area (Å²) in [5, 5.41) is 17.0. The van der Waals surface area contributed by atoms with Crippen molar-refractivity contribution in [1.82, 2.24) is 16.0 Å². The molecule has 20 nitrogen and oxygen atoms in total. The van der Waals surface area contributed by atoms with Gasteiger partial charge in [0.05, 0.1) is 68.8 Å². The number of carboxylic acids is 1. The zero-order chi connectivity index (χ0) is 72.6. The highest BCUT2D eigenvalue weighted by atomic mass is 32.2. The van der Waals surface area contributed by atoms with E-state index >= 15 is 0 Å². The third-order valence-corrected chi connectivity index (χ3v) is 18.1. The van der Waals surface area contributed by atoms with Crippen LogP contribution in [0.1, 0.15) is 59.7 Å². The van der Waals surface area contributed by atoms with Crippen molar-refractivity contribution in [1.29, 1.82) is 0 Å². The lowest BCUT2D eigenvalue weighted by Crippen LogP contribution is -2.28. The van der Waals surface area contributed by atoms with Crippen LogP contribution in [0.5, 0.6) is 51.7 Å². The number of carbonyl (C=O) groups excluding carboxylic acids is 4. The van der Waals surface area contributed by atoms with Crippen LogP contribution in [0.4, 0.5) is 0 Å². The van der Waals surface area contributed by atoms with E-state index in [1.807, 2.05) is 23.5 Å². The van der Waals surface area contributed by atoms with Gasteiger partial charge in [0.1, 0.15) is 51.7 Å². The molecular formula is C78H89N5O15S2. The first-order valence-corrected chi connectivity index (χ1v) is 33.5. The zero-order valence-corrected chi connectivity index (χ0v) is 59.4. The second-order valence-corrected chi connectivity index (χ2v) is 23.5. The molecule has 0 fully saturated rings. The Morgan fingerprint density at radius 2 is 0.680 bits per heavy atom. The van der Waals surface area contributed by atoms with Crippen LogP contribution in [0.25, 0.3) is 0 Å². The van der Waals surface area contributed by atoms with Gasteiger partial charge in [-0.3, -0.25) is 19.2 Å². The van der Waals surface area contributed by atoms with Gasteiger partial charge in [-0.05, 0) is 40.4 Å². The van der Waals surface area contributed by atoms with E-state index in [9.17, 15) is 24.0 Å². The summed E-state index contributed by atoms with van der Waals surface area (Å²) < 4.78 is 46.6. The first kappa shape index (κ1) is 80.2. The molecule has 22 heteroatoms. The molecule has 2 amide bonds. The Labute approximate surface area is 594 Å². The molecule has 100 heavy (non-hydrogen) atoms. The van der Waals surface area contributed by atoms with Crippen molar-refractivity contribution in [3.8, 4) is 51.7 Å². The molecule has 0 spiro atoms. The molecule has 0 unspecified atom stereocenters. The van der Waals surface area contributed by atoms with E-state index < -0.39 is 12.6 Å². The number of nitrogens with two attached hydrogens (primary N) is 2. The minimum absolute atomic E-state index is 0.0797. The number of amides is 2. The molecule has 0 radical (unpaired) electrons. The molecule has 0 aromatic heterocycles. The standard InChI is InChI=1S/C33H36N2O4S.C21H21NS.C12H15NO5.C11H12O6.CH5N/c1-34-32(36)24-39-28-21-30(37-2)29(31(22-28)38-3)23-35-19-20-40-33(25-13-7-4-8-14-25,26-15-9-5-10-16-26)27-17-11-6-12-18-27;22-16-17-23-21(18-10-4-1-5-11-18,19-12-6-2-7-13-19)20-14-8-3-9-15-20;1-13-12(15)7-18-8-4-10(16-2)9(6-14)11(5-8)17-3;1-15-9-3-7(17-6-11(13)14)4-10(16-2)8(9)5-12;1-2/h4-18,21-22,35H,19-20,23-24H2,1-3H3,(H,34,36);1-15H,16-17,22H2;4-6H,7H2,1-3H3,(H,13,15);3-5H,6H2,1-2H3,(H,13,14);2H2,1H3. The third kappa shape index (κ3) is 22.5. The van der Waals surface area contributed by atoms with Crippen LogP contribution in [0.15, 0.2) is 218 Å². The highest BCUT2D eigenvalue weighted by Gasteiger charge is 2.38. The van der Waals surface area contributed by atoms with Crippen molar-refractivity contribution in [2.24, 2.45) is 11.5 Å². The highest BCUT2D eigenvalue weighted by Crippen LogP contribution is 2.50. The number of hydrogen-bond acceptors (Lipinski definition) is 19. The molecule has 9 aromatic carbocycles. The number of aliphatic carboxylic acids is 1. The van der Waals surface area contributed by atoms with Crippen molar-refractivity contribution in [3.05, 3.63) is 268 Å². The maximum Gasteiger partial charge on any atom is 0.341 e. The number of likely N-dealkylation sites (N-methyl/N-ethyl adjacent to an activating group) is 2. The van der Waals surface area contributed by atoms with E-state index in [1.54, 1.807) is 33.4 Å². The molecular weight excluding hydrogens is 1310 g/mol. The monoisotopic (exact) mass is 1400 g/mol. The number of carboxylic acid groups (broad SMARTS) is 1. The first-order valence-electron chi connectivity index (χ1n) is 31.6. The van der Waals surface area contributed by atoms with Crippen molar-refractivity contribution < 1.29 is 71.7 Å². The quantitative estimate of drug-likeness (QED) is 0.0130. The predicted octanol–water partition coefficient (Wildman–Crippen LogP) is 11.5. The third-order valence-electron chi connectivity index (χ3n) is 14.9. The summed E-state index contributed by atoms with van der Waals surface area (Å²) in [5.41, 5.74) is 19.4. The SMILES string of the molecule is CN.CNC(=O)COc1cc(OC)c(C=O)c(OC)c1.CNC(=O)COc1cc(OC)c(CNCCSC(c2ccccc2)(c2ccccc2)c2ccccc2)c(OC)c1.COc1cc(OCC(=O)O)cc(OC)c1C=O.NCCSC(c1ccccc1)(c1ccccc1)c1ccccc1. The van der Waals surface area contributed by atoms with Crippen molar-refractivity contribution in [3.63, 3.8) is 0 Å². The van der Waals surface area contributed by atoms with Gasteiger partial charge >= 0.3 is 5.97 Å². The van der Waals surface area contributed by atoms with Crippen molar-refractivity contribution in [2.45, 2.75) is 16.0 Å². The molecule has 9 aromatic rings. The van der Waals surface area contributed by atoms with Gasteiger partial charge in [-0.25, -0.2) is 4.79 Å². The number of hydrogen-bond donors (Lipinski definition) is 6. The van der Waals surface area contributed by atoms with Gasteiger partial charge in [0.25, 0.3) is 11.8 Å². The lowest BCUT2D eigenvalue weighted by atomic mass is 9.84. The molecule has 9 rings (SSSR count). The molecule has 0 saturated heterocycles. The zero-order valence-electron chi connectivity index (χ0n) is 57.7. The largest absolute Gasteiger partial charge is 0.496 e. The van der Waals surface area contributed by atoms with Crippen molar-refractivity contribution >= 4 is 53.9 Å². The van der Waals surface area contributed by atoms with Crippen LogP contribution in [0.3, 0.4) is 0 Å². The molecule has 0 aliphatic heterocycles. The summed E-state index contributed by atoms with van der Waals surface area (Å²) in [7, 11) is 13.5. The highest BCUT2D eigenvalue weighted by molar-refractivity contribution is 8.00. The number of carbonyl (C=O) groups is 5. The van der Waals surface area contributed by atoms with Gasteiger partial charge in [0.2, 0.25) is 0 Å². The van der Waals surface area contributed by atoms with Gasteiger partial charge in [-0.2, -0.15) is 0 Å². The van der Waals surface area contributed by atoms with E-state index in [0.717, 1.165) is 23.6 Å². The minimum atomic E-state index is -1.10. The van der Waals surface area contributed by atoms with Gasteiger partial charge in [-0.15, -0.1) is 23.5 Å². The van der Waals surface area contributed by atoms with Crippen LogP contribution in [0, 0.1) is 0 Å². The van der Waals surface area contributed by atoms with Crippen molar-refractivity contribution in [2.75, 3.05) is 108 Å². The van der Waals surface area contributed by atoms with Crippen LogP contribution in [-0.2, 0) is 30.4 Å². The first-order chi connectivity index (χ1) is 48.8. The smallest absolute Gasteiger partial charge is 0.341 e. The number of nitrogens with one attached hydrogen (secondary N) is 3. The molecule has 0 aliphatic carbocycles. The lowest BCUT2D eigenvalue weighted by molar-refractivity contribution is -0.139. The Kier molecular flexibility index (Phi) is 35.1. The minimum Gasteiger partial charge on any atom is -0.496 e. The Balaban J connectivity index is 0.000000256. The summed E-state index contributed by atoms with van der Waals surface area (Å²) in [6.45, 7) is 1.30. The maximum atomic E-state index is 11.6. The number of aldehydes is 2. The van der Waals surface area contributed by atoms with E-state index in [1.165, 1.54) is 100 Å². The van der Waals surface area contributed by atoms with Gasteiger partial charge in [0, 0.05) is 81.6 Å². The second kappa shape index (κ2) is 43.7. The molecule has 0 heterocycles. The fourth-order valence-electron chi connectivity index (χ4n) is 10.3. The van der Waals surface area contributed by atoms with Crippen LogP contribution >= 0.6 is 23.5 Å². The number of methoxy groups -OCH3 is 6. The average molecular weight is 1400 g/mol. The van der Waals surface area contributed by atoms with E-state index in [0.29, 0.717) is 65.7 Å². The summed E-state index contributed by atoms with van der Waals surface area (Å²) in [6, 6.07) is 73.7. The van der Waals surface area contributed by atoms with E-state index in [2.05, 4.69) is 204 Å². The Bertz CT molecular complexity index is 3640. The van der Waals surface area contributed by atoms with E-state index in [4.69, 9.17) is 53.5 Å². The average Bonchev–Trinajstić information content (AvgIpc) is 0.765. The van der Waals surface area contributed by atoms with Crippen LogP contribution < -0.4 is 70.0 Å². The fourth-order valence-corrected chi connectivity index (χ4v) is 13.1. The summed E-state index contributed by atoms with van der Waals surface area (Å²) >= 11 is 3.82. The maximum absolute atomic E-state index is 11.6. The Morgan fingerprint density at radius 3 is 0.920 bits per heavy atom.